The smallest absolute Gasteiger partial charge is 0.310 e. The highest BCUT2D eigenvalue weighted by Crippen LogP contribution is 2.36. The quantitative estimate of drug-likeness (QED) is 0.807. The number of carbonyl (C=O) groups is 1. The molecule has 2 fully saturated rings. The molecule has 6 heteroatoms. The zero-order valence-corrected chi connectivity index (χ0v) is 14.0. The van der Waals surface area contributed by atoms with Crippen molar-refractivity contribution in [3.8, 4) is 0 Å². The van der Waals surface area contributed by atoms with Crippen LogP contribution in [-0.4, -0.2) is 32.8 Å². The molecule has 21 heavy (non-hydrogen) atoms. The molecule has 0 heterocycles. The number of sulfonamides is 1. The molecule has 2 aliphatic rings. The van der Waals surface area contributed by atoms with Gasteiger partial charge in [-0.3, -0.25) is 4.79 Å². The van der Waals surface area contributed by atoms with Crippen molar-refractivity contribution in [1.29, 1.82) is 0 Å². The molecule has 1 N–H and O–H groups in total. The first-order valence-corrected chi connectivity index (χ1v) is 9.39. The lowest BCUT2D eigenvalue weighted by Crippen LogP contribution is -2.45. The van der Waals surface area contributed by atoms with Gasteiger partial charge in [0.15, 0.2) is 0 Å². The van der Waals surface area contributed by atoms with Gasteiger partial charge in [0.05, 0.1) is 18.3 Å². The molecule has 2 aliphatic carbocycles. The molecule has 0 saturated heterocycles. The van der Waals surface area contributed by atoms with Crippen molar-refractivity contribution >= 4 is 16.0 Å². The Hall–Kier alpha value is -0.620. The van der Waals surface area contributed by atoms with E-state index in [4.69, 9.17) is 4.74 Å². The average molecular weight is 317 g/mol. The van der Waals surface area contributed by atoms with Gasteiger partial charge in [-0.15, -0.1) is 0 Å². The van der Waals surface area contributed by atoms with Crippen molar-refractivity contribution in [2.75, 3.05) is 7.11 Å². The van der Waals surface area contributed by atoms with Crippen LogP contribution in [0.15, 0.2) is 0 Å². The lowest BCUT2D eigenvalue weighted by atomic mass is 9.76. The fourth-order valence-electron chi connectivity index (χ4n) is 3.56. The molecule has 0 amide bonds. The summed E-state index contributed by atoms with van der Waals surface area (Å²) in [5.74, 6) is -0.903. The SMILES string of the molecule is COC(=O)C1CCCC1S(=O)(=O)NC1CCC(C)(C)CC1. The van der Waals surface area contributed by atoms with Crippen LogP contribution in [0.4, 0.5) is 0 Å². The van der Waals surface area contributed by atoms with Gasteiger partial charge in [-0.2, -0.15) is 0 Å². The standard InChI is InChI=1S/C15H27NO4S/c1-15(2)9-7-11(8-10-15)16-21(18,19)13-6-4-5-12(13)14(17)20-3/h11-13,16H,4-10H2,1-3H3. The minimum absolute atomic E-state index is 0.0157. The molecule has 0 bridgehead atoms. The van der Waals surface area contributed by atoms with Crippen LogP contribution in [0.2, 0.25) is 0 Å². The highest BCUT2D eigenvalue weighted by molar-refractivity contribution is 7.90. The first kappa shape index (κ1) is 16.7. The number of hydrogen-bond donors (Lipinski definition) is 1. The van der Waals surface area contributed by atoms with Gasteiger partial charge in [0.2, 0.25) is 10.0 Å². The molecule has 2 saturated carbocycles. The molecule has 2 atom stereocenters. The van der Waals surface area contributed by atoms with Crippen LogP contribution >= 0.6 is 0 Å². The molecular formula is C15H27NO4S. The van der Waals surface area contributed by atoms with Crippen LogP contribution in [0.1, 0.15) is 58.8 Å². The maximum Gasteiger partial charge on any atom is 0.310 e. The number of nitrogens with one attached hydrogen (secondary N) is 1. The van der Waals surface area contributed by atoms with E-state index in [2.05, 4.69) is 18.6 Å². The summed E-state index contributed by atoms with van der Waals surface area (Å²) in [5.41, 5.74) is 0.309. The fourth-order valence-corrected chi connectivity index (χ4v) is 5.59. The Bertz CT molecular complexity index is 476. The first-order valence-electron chi connectivity index (χ1n) is 7.84. The van der Waals surface area contributed by atoms with E-state index < -0.39 is 27.2 Å². The van der Waals surface area contributed by atoms with Gasteiger partial charge < -0.3 is 4.74 Å². The van der Waals surface area contributed by atoms with Crippen LogP contribution in [-0.2, 0) is 19.6 Å². The van der Waals surface area contributed by atoms with Gasteiger partial charge in [0.25, 0.3) is 0 Å². The summed E-state index contributed by atoms with van der Waals surface area (Å²) in [6.07, 6.45) is 5.74. The minimum atomic E-state index is -3.45. The molecule has 122 valence electrons. The highest BCUT2D eigenvalue weighted by atomic mass is 32.2. The van der Waals surface area contributed by atoms with Crippen LogP contribution in [0.3, 0.4) is 0 Å². The molecule has 0 aliphatic heterocycles. The second-order valence-electron chi connectivity index (χ2n) is 7.20. The Morgan fingerprint density at radius 2 is 1.76 bits per heavy atom. The number of hydrogen-bond acceptors (Lipinski definition) is 4. The molecule has 0 aromatic carbocycles. The lowest BCUT2D eigenvalue weighted by Gasteiger charge is -2.35. The van der Waals surface area contributed by atoms with Crippen molar-refractivity contribution in [3.05, 3.63) is 0 Å². The molecule has 0 radical (unpaired) electrons. The number of rotatable bonds is 4. The van der Waals surface area contributed by atoms with Gasteiger partial charge in [-0.1, -0.05) is 20.3 Å². The Morgan fingerprint density at radius 3 is 2.33 bits per heavy atom. The van der Waals surface area contributed by atoms with E-state index >= 15 is 0 Å². The van der Waals surface area contributed by atoms with Crippen molar-refractivity contribution in [3.63, 3.8) is 0 Å². The Morgan fingerprint density at radius 1 is 1.14 bits per heavy atom. The van der Waals surface area contributed by atoms with Crippen molar-refractivity contribution in [1.82, 2.24) is 4.72 Å². The maximum absolute atomic E-state index is 12.6. The minimum Gasteiger partial charge on any atom is -0.469 e. The summed E-state index contributed by atoms with van der Waals surface area (Å²) in [6.45, 7) is 4.45. The molecular weight excluding hydrogens is 290 g/mol. The normalized spacial score (nSPS) is 30.2. The van der Waals surface area contributed by atoms with Crippen molar-refractivity contribution in [2.45, 2.75) is 70.1 Å². The summed E-state index contributed by atoms with van der Waals surface area (Å²) in [4.78, 5) is 11.7. The van der Waals surface area contributed by atoms with Gasteiger partial charge in [-0.25, -0.2) is 13.1 Å². The summed E-state index contributed by atoms with van der Waals surface area (Å²) in [7, 11) is -2.13. The maximum atomic E-state index is 12.6. The van der Waals surface area contributed by atoms with Gasteiger partial charge in [0.1, 0.15) is 0 Å². The van der Waals surface area contributed by atoms with E-state index in [1.54, 1.807) is 0 Å². The predicted molar refractivity (Wildman–Crippen MR) is 81.2 cm³/mol. The zero-order valence-electron chi connectivity index (χ0n) is 13.2. The molecule has 0 aromatic rings. The Labute approximate surface area is 127 Å². The number of carbonyl (C=O) groups excluding carboxylic acids is 1. The second-order valence-corrected chi connectivity index (χ2v) is 9.13. The van der Waals surface area contributed by atoms with Crippen molar-refractivity contribution in [2.24, 2.45) is 11.3 Å². The molecule has 2 unspecified atom stereocenters. The van der Waals surface area contributed by atoms with Crippen molar-refractivity contribution < 1.29 is 17.9 Å². The topological polar surface area (TPSA) is 72.5 Å². The number of methoxy groups -OCH3 is 1. The Kier molecular flexibility index (Phi) is 4.98. The second kappa shape index (κ2) is 6.24. The van der Waals surface area contributed by atoms with Crippen LogP contribution in [0.5, 0.6) is 0 Å². The van der Waals surface area contributed by atoms with E-state index in [1.165, 1.54) is 7.11 Å². The first-order chi connectivity index (χ1) is 9.75. The third-order valence-electron chi connectivity index (χ3n) is 5.03. The highest BCUT2D eigenvalue weighted by Gasteiger charge is 2.43. The number of esters is 1. The van der Waals surface area contributed by atoms with Crippen LogP contribution in [0.25, 0.3) is 0 Å². The fraction of sp³-hybridized carbons (Fsp3) is 0.933. The van der Waals surface area contributed by atoms with E-state index in [0.717, 1.165) is 32.1 Å². The zero-order chi connectivity index (χ0) is 15.7. The third kappa shape index (κ3) is 3.97. The third-order valence-corrected chi connectivity index (χ3v) is 7.05. The Balaban J connectivity index is 2.00. The van der Waals surface area contributed by atoms with E-state index in [9.17, 15) is 13.2 Å². The van der Waals surface area contributed by atoms with Gasteiger partial charge >= 0.3 is 5.97 Å². The summed E-state index contributed by atoms with van der Waals surface area (Å²) in [6, 6.07) is 0.0157. The lowest BCUT2D eigenvalue weighted by molar-refractivity contribution is -0.145. The number of ether oxygens (including phenoxy) is 1. The monoisotopic (exact) mass is 317 g/mol. The summed E-state index contributed by atoms with van der Waals surface area (Å²) in [5, 5.41) is -0.625. The van der Waals surface area contributed by atoms with Gasteiger partial charge in [-0.05, 0) is 43.9 Å². The summed E-state index contributed by atoms with van der Waals surface area (Å²) >= 11 is 0. The largest absolute Gasteiger partial charge is 0.469 e. The molecule has 0 spiro atoms. The van der Waals surface area contributed by atoms with E-state index in [1.807, 2.05) is 0 Å². The molecule has 0 aromatic heterocycles. The van der Waals surface area contributed by atoms with Crippen LogP contribution < -0.4 is 4.72 Å². The predicted octanol–water partition coefficient (Wildman–Crippen LogP) is 2.22. The van der Waals surface area contributed by atoms with E-state index in [-0.39, 0.29) is 6.04 Å². The summed E-state index contributed by atoms with van der Waals surface area (Å²) < 4.78 is 32.7. The van der Waals surface area contributed by atoms with Crippen LogP contribution in [0, 0.1) is 11.3 Å². The molecule has 2 rings (SSSR count). The molecule has 5 nitrogen and oxygen atoms in total. The van der Waals surface area contributed by atoms with E-state index in [0.29, 0.717) is 18.3 Å². The van der Waals surface area contributed by atoms with Gasteiger partial charge in [0, 0.05) is 6.04 Å². The average Bonchev–Trinajstić information content (AvgIpc) is 2.90.